The van der Waals surface area contributed by atoms with Gasteiger partial charge in [0, 0.05) is 23.2 Å². The van der Waals surface area contributed by atoms with Crippen molar-refractivity contribution in [3.63, 3.8) is 0 Å². The summed E-state index contributed by atoms with van der Waals surface area (Å²) in [6.45, 7) is 1.06. The monoisotopic (exact) mass is 352 g/mol. The molecule has 1 amide bonds. The minimum absolute atomic E-state index is 0.00324. The Morgan fingerprint density at radius 2 is 2.43 bits per heavy atom. The highest BCUT2D eigenvalue weighted by Crippen LogP contribution is 2.18. The Kier molecular flexibility index (Phi) is 5.48. The second kappa shape index (κ2) is 7.34. The van der Waals surface area contributed by atoms with Gasteiger partial charge in [0.05, 0.1) is 6.10 Å². The Hall–Kier alpha value is -1.71. The topological polar surface area (TPSA) is 62.1 Å². The average molecular weight is 353 g/mol. The molecule has 0 saturated carbocycles. The Bertz CT molecular complexity index is 604. The first-order valence-electron chi connectivity index (χ1n) is 6.57. The van der Waals surface area contributed by atoms with Crippen LogP contribution >= 0.6 is 15.9 Å². The minimum Gasteiger partial charge on any atom is -0.376 e. The highest BCUT2D eigenvalue weighted by Gasteiger charge is 2.17. The number of benzene rings is 1. The van der Waals surface area contributed by atoms with Gasteiger partial charge in [-0.15, -0.1) is 0 Å². The number of carbonyl (C=O) groups excluding carboxylic acids is 1. The first-order valence-corrected chi connectivity index (χ1v) is 7.36. The molecule has 2 rings (SSSR count). The summed E-state index contributed by atoms with van der Waals surface area (Å²) in [7, 11) is 0. The van der Waals surface area contributed by atoms with Crippen molar-refractivity contribution in [1.29, 1.82) is 5.26 Å². The van der Waals surface area contributed by atoms with Gasteiger partial charge in [-0.05, 0) is 37.1 Å². The number of halogens is 2. The molecule has 0 bridgehead atoms. The number of nitrogens with one attached hydrogen (secondary N) is 1. The highest BCUT2D eigenvalue weighted by molar-refractivity contribution is 9.10. The van der Waals surface area contributed by atoms with E-state index in [0.29, 0.717) is 17.6 Å². The van der Waals surface area contributed by atoms with E-state index in [-0.39, 0.29) is 17.2 Å². The zero-order chi connectivity index (χ0) is 15.2. The van der Waals surface area contributed by atoms with E-state index < -0.39 is 11.7 Å². The van der Waals surface area contributed by atoms with Crippen LogP contribution in [0.4, 0.5) is 4.39 Å². The maximum atomic E-state index is 13.6. The molecule has 0 spiro atoms. The van der Waals surface area contributed by atoms with Crippen LogP contribution < -0.4 is 5.32 Å². The summed E-state index contributed by atoms with van der Waals surface area (Å²) < 4.78 is 19.7. The van der Waals surface area contributed by atoms with Gasteiger partial charge in [0.15, 0.2) is 0 Å². The van der Waals surface area contributed by atoms with Gasteiger partial charge in [-0.25, -0.2) is 4.39 Å². The molecule has 1 N–H and O–H groups in total. The number of rotatable bonds is 4. The van der Waals surface area contributed by atoms with Crippen LogP contribution in [-0.4, -0.2) is 25.2 Å². The molecule has 1 atom stereocenters. The molecule has 1 saturated heterocycles. The van der Waals surface area contributed by atoms with E-state index in [0.717, 1.165) is 12.8 Å². The van der Waals surface area contributed by atoms with Gasteiger partial charge in [0.2, 0.25) is 0 Å². The molecule has 1 fully saturated rings. The quantitative estimate of drug-likeness (QED) is 0.669. The fourth-order valence-electron chi connectivity index (χ4n) is 2.04. The number of hydrogen-bond donors (Lipinski definition) is 1. The standard InChI is InChI=1S/C15H14BrFN2O2/c16-12-3-4-14(17)10(7-12)6-11(8-18)15(20)19-9-13-2-1-5-21-13/h3-4,6-7,13H,1-2,5,9H2,(H,19,20). The molecule has 1 aliphatic heterocycles. The van der Waals surface area contributed by atoms with Crippen LogP contribution in [0.5, 0.6) is 0 Å². The molecule has 1 heterocycles. The minimum atomic E-state index is -0.521. The zero-order valence-electron chi connectivity index (χ0n) is 11.2. The Morgan fingerprint density at radius 3 is 3.10 bits per heavy atom. The first-order chi connectivity index (χ1) is 10.1. The molecular formula is C15H14BrFN2O2. The van der Waals surface area contributed by atoms with Gasteiger partial charge < -0.3 is 10.1 Å². The lowest BCUT2D eigenvalue weighted by molar-refractivity contribution is -0.117. The van der Waals surface area contributed by atoms with Crippen molar-refractivity contribution in [3.8, 4) is 6.07 Å². The SMILES string of the molecule is N#CC(=Cc1cc(Br)ccc1F)C(=O)NCC1CCCO1. The van der Waals surface area contributed by atoms with Gasteiger partial charge in [0.25, 0.3) is 5.91 Å². The van der Waals surface area contributed by atoms with Crippen molar-refractivity contribution in [2.75, 3.05) is 13.2 Å². The molecule has 1 aromatic carbocycles. The van der Waals surface area contributed by atoms with Crippen molar-refractivity contribution in [2.45, 2.75) is 18.9 Å². The normalized spacial score (nSPS) is 18.3. The second-order valence-electron chi connectivity index (χ2n) is 4.68. The Morgan fingerprint density at radius 1 is 1.62 bits per heavy atom. The molecule has 1 aliphatic rings. The summed E-state index contributed by atoms with van der Waals surface area (Å²) in [5.41, 5.74) is 0.0539. The number of carbonyl (C=O) groups is 1. The van der Waals surface area contributed by atoms with E-state index in [9.17, 15) is 9.18 Å². The fourth-order valence-corrected chi connectivity index (χ4v) is 2.42. The van der Waals surface area contributed by atoms with Crippen LogP contribution in [0.1, 0.15) is 18.4 Å². The average Bonchev–Trinajstić information content (AvgIpc) is 2.99. The largest absolute Gasteiger partial charge is 0.376 e. The Balaban J connectivity index is 2.07. The highest BCUT2D eigenvalue weighted by atomic mass is 79.9. The third-order valence-electron chi connectivity index (χ3n) is 3.14. The van der Waals surface area contributed by atoms with Crippen LogP contribution in [0.3, 0.4) is 0 Å². The van der Waals surface area contributed by atoms with Gasteiger partial charge >= 0.3 is 0 Å². The summed E-state index contributed by atoms with van der Waals surface area (Å²) in [6.07, 6.45) is 3.11. The lowest BCUT2D eigenvalue weighted by Gasteiger charge is -2.10. The zero-order valence-corrected chi connectivity index (χ0v) is 12.8. The summed E-state index contributed by atoms with van der Waals surface area (Å²) in [6, 6.07) is 6.14. The molecule has 1 aromatic rings. The predicted molar refractivity (Wildman–Crippen MR) is 79.7 cm³/mol. The smallest absolute Gasteiger partial charge is 0.262 e. The maximum Gasteiger partial charge on any atom is 0.262 e. The van der Waals surface area contributed by atoms with Crippen LogP contribution in [0.2, 0.25) is 0 Å². The number of amides is 1. The number of hydrogen-bond acceptors (Lipinski definition) is 3. The van der Waals surface area contributed by atoms with Crippen LogP contribution in [-0.2, 0) is 9.53 Å². The maximum absolute atomic E-state index is 13.6. The van der Waals surface area contributed by atoms with Gasteiger partial charge in [0.1, 0.15) is 17.5 Å². The lowest BCUT2D eigenvalue weighted by Crippen LogP contribution is -2.32. The number of nitrogens with zero attached hydrogens (tertiary/aromatic N) is 1. The molecule has 110 valence electrons. The van der Waals surface area contributed by atoms with Gasteiger partial charge in [-0.1, -0.05) is 15.9 Å². The van der Waals surface area contributed by atoms with E-state index >= 15 is 0 Å². The predicted octanol–water partition coefficient (Wildman–Crippen LogP) is 2.79. The molecule has 21 heavy (non-hydrogen) atoms. The molecule has 0 aliphatic carbocycles. The number of ether oxygens (including phenoxy) is 1. The molecule has 4 nitrogen and oxygen atoms in total. The third kappa shape index (κ3) is 4.38. The van der Waals surface area contributed by atoms with Crippen molar-refractivity contribution in [2.24, 2.45) is 0 Å². The molecule has 0 radical (unpaired) electrons. The van der Waals surface area contributed by atoms with Crippen molar-refractivity contribution >= 4 is 27.9 Å². The van der Waals surface area contributed by atoms with E-state index in [4.69, 9.17) is 10.00 Å². The fraction of sp³-hybridized carbons (Fsp3) is 0.333. The summed E-state index contributed by atoms with van der Waals surface area (Å²) >= 11 is 3.22. The van der Waals surface area contributed by atoms with E-state index in [1.165, 1.54) is 18.2 Å². The molecule has 1 unspecified atom stereocenters. The molecule has 6 heteroatoms. The first kappa shape index (κ1) is 15.7. The van der Waals surface area contributed by atoms with Crippen LogP contribution in [0.15, 0.2) is 28.2 Å². The Labute approximate surface area is 130 Å². The van der Waals surface area contributed by atoms with Gasteiger partial charge in [-0.2, -0.15) is 5.26 Å². The van der Waals surface area contributed by atoms with E-state index in [1.54, 1.807) is 12.1 Å². The van der Waals surface area contributed by atoms with Gasteiger partial charge in [-0.3, -0.25) is 4.79 Å². The molecular weight excluding hydrogens is 339 g/mol. The molecule has 0 aromatic heterocycles. The third-order valence-corrected chi connectivity index (χ3v) is 3.63. The number of nitriles is 1. The van der Waals surface area contributed by atoms with E-state index in [1.807, 2.05) is 0 Å². The van der Waals surface area contributed by atoms with Crippen LogP contribution in [0, 0.1) is 17.1 Å². The summed E-state index contributed by atoms with van der Waals surface area (Å²) in [4.78, 5) is 11.9. The van der Waals surface area contributed by atoms with Crippen molar-refractivity contribution in [3.05, 3.63) is 39.6 Å². The summed E-state index contributed by atoms with van der Waals surface area (Å²) in [5.74, 6) is -1.01. The summed E-state index contributed by atoms with van der Waals surface area (Å²) in [5, 5.41) is 11.7. The second-order valence-corrected chi connectivity index (χ2v) is 5.60. The van der Waals surface area contributed by atoms with E-state index in [2.05, 4.69) is 21.2 Å². The van der Waals surface area contributed by atoms with Crippen molar-refractivity contribution < 1.29 is 13.9 Å². The van der Waals surface area contributed by atoms with Crippen LogP contribution in [0.25, 0.3) is 6.08 Å². The van der Waals surface area contributed by atoms with Crippen molar-refractivity contribution in [1.82, 2.24) is 5.32 Å². The lowest BCUT2D eigenvalue weighted by atomic mass is 10.1.